The molecule has 6 heteroatoms. The summed E-state index contributed by atoms with van der Waals surface area (Å²) in [6.45, 7) is 0. The van der Waals surface area contributed by atoms with Gasteiger partial charge in [-0.2, -0.15) is 0 Å². The number of benzene rings is 1. The van der Waals surface area contributed by atoms with Gasteiger partial charge in [-0.1, -0.05) is 28.1 Å². The molecule has 0 aliphatic carbocycles. The number of aromatic amines is 2. The lowest BCUT2D eigenvalue weighted by Gasteiger charge is -2.02. The number of ether oxygens (including phenoxy) is 1. The maximum atomic E-state index is 11.6. The number of imidazole rings is 1. The van der Waals surface area contributed by atoms with E-state index in [1.54, 1.807) is 0 Å². The molecule has 0 amide bonds. The second-order valence-electron chi connectivity index (χ2n) is 3.33. The van der Waals surface area contributed by atoms with Crippen molar-refractivity contribution in [1.29, 1.82) is 0 Å². The molecule has 0 saturated heterocycles. The van der Waals surface area contributed by atoms with Crippen LogP contribution in [0.15, 0.2) is 28.7 Å². The van der Waals surface area contributed by atoms with Crippen LogP contribution in [0.5, 0.6) is 0 Å². The van der Waals surface area contributed by atoms with Crippen molar-refractivity contribution in [2.24, 2.45) is 0 Å². The first-order chi connectivity index (χ1) is 8.11. The highest BCUT2D eigenvalue weighted by Gasteiger charge is 2.16. The van der Waals surface area contributed by atoms with Gasteiger partial charge >= 0.3 is 5.97 Å². The molecule has 0 saturated carbocycles. The second-order valence-corrected chi connectivity index (χ2v) is 4.65. The molecule has 1 aromatic heterocycles. The average Bonchev–Trinajstić information content (AvgIpc) is 2.70. The van der Waals surface area contributed by atoms with Gasteiger partial charge in [-0.25, -0.2) is 4.79 Å². The Balaban J connectivity index is 2.59. The summed E-state index contributed by atoms with van der Waals surface area (Å²) < 4.78 is 6.01. The number of nitrogens with one attached hydrogen (secondary N) is 2. The fourth-order valence-corrected chi connectivity index (χ4v) is 2.10. The quantitative estimate of drug-likeness (QED) is 0.661. The number of hydrogen-bond acceptors (Lipinski definition) is 3. The van der Waals surface area contributed by atoms with Crippen LogP contribution >= 0.6 is 28.1 Å². The lowest BCUT2D eigenvalue weighted by molar-refractivity contribution is 0.0595. The smallest absolute Gasteiger partial charge is 0.356 e. The zero-order chi connectivity index (χ0) is 12.4. The van der Waals surface area contributed by atoms with E-state index < -0.39 is 5.97 Å². The van der Waals surface area contributed by atoms with E-state index in [4.69, 9.17) is 17.0 Å². The summed E-state index contributed by atoms with van der Waals surface area (Å²) in [5.74, 6) is -0.452. The molecule has 2 N–H and O–H groups in total. The van der Waals surface area contributed by atoms with E-state index in [2.05, 4.69) is 25.9 Å². The predicted octanol–water partition coefficient (Wildman–Crippen LogP) is 3.29. The van der Waals surface area contributed by atoms with Gasteiger partial charge in [-0.05, 0) is 24.4 Å². The van der Waals surface area contributed by atoms with Crippen LogP contribution in [0.2, 0.25) is 0 Å². The third-order valence-electron chi connectivity index (χ3n) is 2.23. The topological polar surface area (TPSA) is 57.9 Å². The van der Waals surface area contributed by atoms with Gasteiger partial charge in [0, 0.05) is 10.0 Å². The summed E-state index contributed by atoms with van der Waals surface area (Å²) >= 11 is 8.37. The zero-order valence-corrected chi connectivity index (χ0v) is 11.3. The lowest BCUT2D eigenvalue weighted by atomic mass is 10.1. The van der Waals surface area contributed by atoms with Gasteiger partial charge in [-0.15, -0.1) is 0 Å². The molecule has 0 bridgehead atoms. The minimum atomic E-state index is -0.452. The molecule has 0 fully saturated rings. The maximum Gasteiger partial charge on any atom is 0.356 e. The standard InChI is InChI=1S/C11H9BrN2O2S/c1-16-10(15)9-8(13-11(17)14-9)6-3-2-4-7(12)5-6/h2-5H,1H3,(H2,13,14,17). The largest absolute Gasteiger partial charge is 0.464 e. The van der Waals surface area contributed by atoms with Crippen molar-refractivity contribution >= 4 is 34.1 Å². The number of halogens is 1. The first kappa shape index (κ1) is 12.1. The lowest BCUT2D eigenvalue weighted by Crippen LogP contribution is -2.03. The van der Waals surface area contributed by atoms with Crippen LogP contribution in [-0.4, -0.2) is 23.0 Å². The molecule has 0 aliphatic rings. The molecular weight excluding hydrogens is 304 g/mol. The minimum absolute atomic E-state index is 0.329. The predicted molar refractivity (Wildman–Crippen MR) is 70.5 cm³/mol. The third-order valence-corrected chi connectivity index (χ3v) is 2.93. The van der Waals surface area contributed by atoms with Crippen molar-refractivity contribution in [2.75, 3.05) is 7.11 Å². The Morgan fingerprint density at radius 1 is 1.41 bits per heavy atom. The Labute approximate surface area is 111 Å². The number of H-pyrrole nitrogens is 2. The van der Waals surface area contributed by atoms with Crippen molar-refractivity contribution in [3.05, 3.63) is 39.2 Å². The number of rotatable bonds is 2. The number of carbonyl (C=O) groups is 1. The summed E-state index contributed by atoms with van der Waals surface area (Å²) in [4.78, 5) is 17.3. The summed E-state index contributed by atoms with van der Waals surface area (Å²) in [5.41, 5.74) is 1.81. The molecular formula is C11H9BrN2O2S. The van der Waals surface area contributed by atoms with Crippen LogP contribution < -0.4 is 0 Å². The first-order valence-corrected chi connectivity index (χ1v) is 5.98. The number of carbonyl (C=O) groups excluding carboxylic acids is 1. The minimum Gasteiger partial charge on any atom is -0.464 e. The first-order valence-electron chi connectivity index (χ1n) is 4.78. The van der Waals surface area contributed by atoms with Crippen LogP contribution in [-0.2, 0) is 4.74 Å². The van der Waals surface area contributed by atoms with Crippen molar-refractivity contribution in [3.63, 3.8) is 0 Å². The third kappa shape index (κ3) is 2.48. The van der Waals surface area contributed by atoms with Crippen LogP contribution in [0.3, 0.4) is 0 Å². The highest BCUT2D eigenvalue weighted by atomic mass is 79.9. The van der Waals surface area contributed by atoms with Gasteiger partial charge in [0.05, 0.1) is 12.8 Å². The van der Waals surface area contributed by atoms with E-state index in [1.165, 1.54) is 7.11 Å². The van der Waals surface area contributed by atoms with Gasteiger partial charge in [0.25, 0.3) is 0 Å². The Morgan fingerprint density at radius 2 is 2.18 bits per heavy atom. The molecule has 0 aliphatic heterocycles. The number of esters is 1. The SMILES string of the molecule is COC(=O)c1[nH]c(=S)[nH]c1-c1cccc(Br)c1. The average molecular weight is 313 g/mol. The molecule has 0 radical (unpaired) electrons. The van der Waals surface area contributed by atoms with Crippen molar-refractivity contribution in [1.82, 2.24) is 9.97 Å². The number of methoxy groups -OCH3 is 1. The Bertz CT molecular complexity index is 618. The summed E-state index contributed by atoms with van der Waals surface area (Å²) in [7, 11) is 1.33. The highest BCUT2D eigenvalue weighted by Crippen LogP contribution is 2.24. The van der Waals surface area contributed by atoms with E-state index in [1.807, 2.05) is 24.3 Å². The molecule has 1 heterocycles. The van der Waals surface area contributed by atoms with Gasteiger partial charge in [-0.3, -0.25) is 0 Å². The van der Waals surface area contributed by atoms with Crippen LogP contribution in [0.4, 0.5) is 0 Å². The van der Waals surface area contributed by atoms with Crippen molar-refractivity contribution in [2.45, 2.75) is 0 Å². The maximum absolute atomic E-state index is 11.6. The van der Waals surface area contributed by atoms with Crippen LogP contribution in [0.1, 0.15) is 10.5 Å². The molecule has 2 aromatic rings. The number of hydrogen-bond donors (Lipinski definition) is 2. The van der Waals surface area contributed by atoms with Crippen LogP contribution in [0, 0.1) is 4.77 Å². The Morgan fingerprint density at radius 3 is 2.82 bits per heavy atom. The monoisotopic (exact) mass is 312 g/mol. The molecule has 17 heavy (non-hydrogen) atoms. The van der Waals surface area contributed by atoms with E-state index in [-0.39, 0.29) is 0 Å². The highest BCUT2D eigenvalue weighted by molar-refractivity contribution is 9.10. The number of aromatic nitrogens is 2. The van der Waals surface area contributed by atoms with Crippen LogP contribution in [0.25, 0.3) is 11.3 Å². The summed E-state index contributed by atoms with van der Waals surface area (Å²) in [6, 6.07) is 7.56. The van der Waals surface area contributed by atoms with Gasteiger partial charge < -0.3 is 14.7 Å². The molecule has 2 rings (SSSR count). The van der Waals surface area contributed by atoms with E-state index in [0.717, 1.165) is 10.0 Å². The fraction of sp³-hybridized carbons (Fsp3) is 0.0909. The van der Waals surface area contributed by atoms with Gasteiger partial charge in [0.1, 0.15) is 0 Å². The molecule has 0 atom stereocenters. The van der Waals surface area contributed by atoms with Crippen molar-refractivity contribution < 1.29 is 9.53 Å². The Kier molecular flexibility index (Phi) is 3.44. The fourth-order valence-electron chi connectivity index (χ4n) is 1.50. The van der Waals surface area contributed by atoms with E-state index in [9.17, 15) is 4.79 Å². The molecule has 0 spiro atoms. The second kappa shape index (κ2) is 4.85. The Hall–Kier alpha value is -1.40. The summed E-state index contributed by atoms with van der Waals surface area (Å²) in [5, 5.41) is 0. The molecule has 1 aromatic carbocycles. The molecule has 88 valence electrons. The van der Waals surface area contributed by atoms with Gasteiger partial charge in [0.15, 0.2) is 10.5 Å². The summed E-state index contributed by atoms with van der Waals surface area (Å²) in [6.07, 6.45) is 0. The van der Waals surface area contributed by atoms with E-state index >= 15 is 0 Å². The van der Waals surface area contributed by atoms with Gasteiger partial charge in [0.2, 0.25) is 0 Å². The molecule has 0 unspecified atom stereocenters. The van der Waals surface area contributed by atoms with E-state index in [0.29, 0.717) is 16.2 Å². The van der Waals surface area contributed by atoms with Crippen molar-refractivity contribution in [3.8, 4) is 11.3 Å². The zero-order valence-electron chi connectivity index (χ0n) is 8.91. The normalized spacial score (nSPS) is 10.2. The molecule has 4 nitrogen and oxygen atoms in total.